The lowest BCUT2D eigenvalue weighted by Crippen LogP contribution is -2.49. The summed E-state index contributed by atoms with van der Waals surface area (Å²) >= 11 is 6.43. The normalized spacial score (nSPS) is 31.2. The second-order valence-electron chi connectivity index (χ2n) is 13.0. The molecule has 0 saturated heterocycles. The minimum absolute atomic E-state index is 0.00683. The maximum absolute atomic E-state index is 13.3. The molecule has 1 amide bonds. The smallest absolute Gasteiger partial charge is 0.343 e. The van der Waals surface area contributed by atoms with Crippen molar-refractivity contribution >= 4 is 29.2 Å². The molecule has 44 heavy (non-hydrogen) atoms. The van der Waals surface area contributed by atoms with Gasteiger partial charge in [0.05, 0.1) is 31.9 Å². The number of amides is 1. The number of rotatable bonds is 2. The Morgan fingerprint density at radius 1 is 1.16 bits per heavy atom. The van der Waals surface area contributed by atoms with Crippen molar-refractivity contribution in [1.29, 1.82) is 0 Å². The zero-order chi connectivity index (χ0) is 31.1. The number of halogens is 1. The van der Waals surface area contributed by atoms with Crippen molar-refractivity contribution < 1.29 is 28.9 Å². The lowest BCUT2D eigenvalue weighted by molar-refractivity contribution is -0.168. The third-order valence-electron chi connectivity index (χ3n) is 10.5. The number of methoxy groups -OCH3 is 2. The molecule has 0 radical (unpaired) electrons. The molecular formula is C35H43ClN2O6. The molecule has 1 spiro atoms. The summed E-state index contributed by atoms with van der Waals surface area (Å²) in [7, 11) is 4.69. The van der Waals surface area contributed by atoms with Gasteiger partial charge in [-0.1, -0.05) is 35.9 Å². The van der Waals surface area contributed by atoms with Gasteiger partial charge in [-0.3, -0.25) is 4.79 Å². The van der Waals surface area contributed by atoms with Crippen LogP contribution in [0.15, 0.2) is 48.6 Å². The van der Waals surface area contributed by atoms with Crippen LogP contribution in [0.1, 0.15) is 55.2 Å². The second kappa shape index (κ2) is 12.4. The van der Waals surface area contributed by atoms with Gasteiger partial charge in [0, 0.05) is 44.2 Å². The van der Waals surface area contributed by atoms with Crippen LogP contribution in [0.3, 0.4) is 0 Å². The zero-order valence-electron chi connectivity index (χ0n) is 25.9. The highest BCUT2D eigenvalue weighted by atomic mass is 35.5. The van der Waals surface area contributed by atoms with Gasteiger partial charge in [0.15, 0.2) is 5.60 Å². The minimum atomic E-state index is -2.15. The van der Waals surface area contributed by atoms with Gasteiger partial charge in [0.2, 0.25) is 5.91 Å². The van der Waals surface area contributed by atoms with Gasteiger partial charge in [-0.25, -0.2) is 4.79 Å². The first kappa shape index (κ1) is 30.9. The Morgan fingerprint density at radius 2 is 2.00 bits per heavy atom. The number of anilines is 1. The second-order valence-corrected chi connectivity index (χ2v) is 13.5. The quantitative estimate of drug-likeness (QED) is 0.372. The van der Waals surface area contributed by atoms with Crippen molar-refractivity contribution in [2.45, 2.75) is 62.1 Å². The summed E-state index contributed by atoms with van der Waals surface area (Å²) in [4.78, 5) is 30.4. The Morgan fingerprint density at radius 3 is 2.75 bits per heavy atom. The molecule has 1 unspecified atom stereocenters. The van der Waals surface area contributed by atoms with Gasteiger partial charge in [-0.2, -0.15) is 0 Å². The monoisotopic (exact) mass is 622 g/mol. The highest BCUT2D eigenvalue weighted by Crippen LogP contribution is 2.47. The van der Waals surface area contributed by atoms with Crippen LogP contribution in [0.25, 0.3) is 0 Å². The molecular weight excluding hydrogens is 580 g/mol. The highest BCUT2D eigenvalue weighted by molar-refractivity contribution is 6.30. The van der Waals surface area contributed by atoms with Gasteiger partial charge in [-0.05, 0) is 91.3 Å². The largest absolute Gasteiger partial charge is 0.490 e. The van der Waals surface area contributed by atoms with Gasteiger partial charge in [0.1, 0.15) is 5.75 Å². The molecule has 2 aliphatic heterocycles. The summed E-state index contributed by atoms with van der Waals surface area (Å²) in [6, 6.07) is 11.6. The molecule has 5 atom stereocenters. The van der Waals surface area contributed by atoms with Gasteiger partial charge < -0.3 is 29.1 Å². The van der Waals surface area contributed by atoms with Crippen LogP contribution in [0.4, 0.5) is 5.69 Å². The Kier molecular flexibility index (Phi) is 8.70. The molecule has 8 nitrogen and oxygen atoms in total. The van der Waals surface area contributed by atoms with E-state index in [9.17, 15) is 14.7 Å². The SMILES string of the molecule is COC(=O)[C@@]1(O)CC(=O)N(C)CC/C=C/C(OC)[C@@H]2CC[C@H]2CN2C[C@@]3(CCCc4cc(Cl)ccc43)COc3ccc1cc32. The lowest BCUT2D eigenvalue weighted by Gasteiger charge is -2.46. The van der Waals surface area contributed by atoms with Gasteiger partial charge in [0.25, 0.3) is 0 Å². The first-order chi connectivity index (χ1) is 21.2. The fraction of sp³-hybridized carbons (Fsp3) is 0.543. The van der Waals surface area contributed by atoms with E-state index in [0.717, 1.165) is 49.4 Å². The van der Waals surface area contributed by atoms with Crippen molar-refractivity contribution in [3.8, 4) is 5.75 Å². The summed E-state index contributed by atoms with van der Waals surface area (Å²) in [6.45, 7) is 2.46. The number of benzene rings is 2. The zero-order valence-corrected chi connectivity index (χ0v) is 26.6. The van der Waals surface area contributed by atoms with Gasteiger partial charge >= 0.3 is 5.97 Å². The topological polar surface area (TPSA) is 88.5 Å². The summed E-state index contributed by atoms with van der Waals surface area (Å²) in [5, 5.41) is 12.6. The molecule has 1 saturated carbocycles. The van der Waals surface area contributed by atoms with Crippen LogP contribution in [0, 0.1) is 11.8 Å². The number of carbonyl (C=O) groups is 2. The van der Waals surface area contributed by atoms with E-state index in [-0.39, 0.29) is 17.4 Å². The molecule has 2 bridgehead atoms. The molecule has 0 aromatic heterocycles. The summed E-state index contributed by atoms with van der Waals surface area (Å²) in [5.41, 5.74) is 1.27. The Bertz CT molecular complexity index is 1450. The van der Waals surface area contributed by atoms with Gasteiger partial charge in [-0.15, -0.1) is 0 Å². The number of aliphatic hydroxyl groups is 1. The number of esters is 1. The summed E-state index contributed by atoms with van der Waals surface area (Å²) in [5.74, 6) is 0.238. The van der Waals surface area contributed by atoms with E-state index >= 15 is 0 Å². The highest BCUT2D eigenvalue weighted by Gasteiger charge is 2.46. The van der Waals surface area contributed by atoms with E-state index in [1.54, 1.807) is 25.1 Å². The van der Waals surface area contributed by atoms with E-state index in [2.05, 4.69) is 29.2 Å². The fourth-order valence-corrected chi connectivity index (χ4v) is 7.94. The predicted molar refractivity (Wildman–Crippen MR) is 169 cm³/mol. The van der Waals surface area contributed by atoms with E-state index in [0.29, 0.717) is 49.3 Å². The third-order valence-corrected chi connectivity index (χ3v) is 10.7. The Hall–Kier alpha value is -3.07. The molecule has 4 aliphatic rings. The summed E-state index contributed by atoms with van der Waals surface area (Å²) < 4.78 is 17.7. The van der Waals surface area contributed by atoms with Crippen LogP contribution in [0.2, 0.25) is 5.02 Å². The van der Waals surface area contributed by atoms with Crippen LogP contribution >= 0.6 is 11.6 Å². The molecule has 2 aromatic carbocycles. The van der Waals surface area contributed by atoms with E-state index in [1.807, 2.05) is 18.2 Å². The molecule has 1 fully saturated rings. The van der Waals surface area contributed by atoms with Crippen LogP contribution in [0.5, 0.6) is 5.75 Å². The first-order valence-corrected chi connectivity index (χ1v) is 16.1. The third kappa shape index (κ3) is 5.61. The first-order valence-electron chi connectivity index (χ1n) is 15.7. The average Bonchev–Trinajstić information content (AvgIpc) is 3.16. The Balaban J connectivity index is 1.47. The standard InChI is InChI=1S/C35H43ClN2O6/c1-37-16-5-4-8-30(42-2)27-12-9-24(27)20-38-21-34(15-6-7-23-17-26(36)11-13-28(23)34)22-44-31-14-10-25(18-29(31)38)35(41,19-32(37)39)33(40)43-3/h4,8,10-11,13-14,17-18,24,27,30,41H,5-7,9,12,15-16,19-22H2,1-3H3/b8-4+/t24-,27+,30?,34-,35+/m0/s1. The van der Waals surface area contributed by atoms with E-state index in [4.69, 9.17) is 25.8 Å². The van der Waals surface area contributed by atoms with Crippen molar-refractivity contribution in [3.05, 3.63) is 70.3 Å². The van der Waals surface area contributed by atoms with Crippen LogP contribution in [-0.2, 0) is 36.5 Å². The van der Waals surface area contributed by atoms with Crippen molar-refractivity contribution in [2.24, 2.45) is 11.8 Å². The molecule has 1 N–H and O–H groups in total. The number of aryl methyl sites for hydroxylation is 1. The molecule has 6 rings (SSSR count). The number of carbonyl (C=O) groups excluding carboxylic acids is 2. The molecule has 9 heteroatoms. The van der Waals surface area contributed by atoms with E-state index < -0.39 is 18.0 Å². The number of ether oxygens (including phenoxy) is 3. The minimum Gasteiger partial charge on any atom is -0.490 e. The molecule has 2 heterocycles. The van der Waals surface area contributed by atoms with Crippen molar-refractivity contribution in [1.82, 2.24) is 4.90 Å². The molecule has 2 aliphatic carbocycles. The lowest BCUT2D eigenvalue weighted by atomic mass is 9.68. The van der Waals surface area contributed by atoms with Crippen molar-refractivity contribution in [2.75, 3.05) is 52.4 Å². The predicted octanol–water partition coefficient (Wildman–Crippen LogP) is 5.02. The number of hydrogen-bond donors (Lipinski definition) is 1. The molecule has 236 valence electrons. The number of hydrogen-bond acceptors (Lipinski definition) is 7. The summed E-state index contributed by atoms with van der Waals surface area (Å²) in [6.07, 6.45) is 9.58. The number of fused-ring (bicyclic) bond motifs is 4. The maximum atomic E-state index is 13.3. The fourth-order valence-electron chi connectivity index (χ4n) is 7.74. The maximum Gasteiger partial charge on any atom is 0.343 e. The van der Waals surface area contributed by atoms with Crippen molar-refractivity contribution in [3.63, 3.8) is 0 Å². The van der Waals surface area contributed by atoms with E-state index in [1.165, 1.54) is 18.2 Å². The van der Waals surface area contributed by atoms with Crippen LogP contribution in [-0.4, -0.2) is 75.5 Å². The number of nitrogens with zero attached hydrogens (tertiary/aromatic N) is 2. The van der Waals surface area contributed by atoms with Crippen LogP contribution < -0.4 is 9.64 Å². The average molecular weight is 623 g/mol. The molecule has 2 aromatic rings. The Labute approximate surface area is 264 Å².